The summed E-state index contributed by atoms with van der Waals surface area (Å²) in [6, 6.07) is 65.0. The van der Waals surface area contributed by atoms with Gasteiger partial charge in [0.05, 0.1) is 17.1 Å². The van der Waals surface area contributed by atoms with E-state index < -0.39 is 0 Å². The van der Waals surface area contributed by atoms with Crippen molar-refractivity contribution in [1.29, 1.82) is 0 Å². The SMILES string of the molecule is Cc1cccc(N(c2ccccc2)c2cccc(N(c3ccccc3)c3cccc(C)c3)c2N(c2ccccc2)c2cccc(C)c2)c1. The highest BCUT2D eigenvalue weighted by molar-refractivity contribution is 6.00. The third kappa shape index (κ3) is 6.31. The van der Waals surface area contributed by atoms with Crippen LogP contribution in [0.3, 0.4) is 0 Å². The Labute approximate surface area is 284 Å². The number of benzene rings is 7. The maximum atomic E-state index is 2.41. The van der Waals surface area contributed by atoms with Crippen LogP contribution >= 0.6 is 0 Å². The molecular weight excluding hydrogens is 583 g/mol. The van der Waals surface area contributed by atoms with Gasteiger partial charge in [0.1, 0.15) is 0 Å². The number of aryl methyl sites for hydroxylation is 3. The first kappa shape index (κ1) is 30.6. The summed E-state index contributed by atoms with van der Waals surface area (Å²) in [5, 5.41) is 0. The number of hydrogen-bond acceptors (Lipinski definition) is 3. The van der Waals surface area contributed by atoms with E-state index in [0.29, 0.717) is 0 Å². The van der Waals surface area contributed by atoms with Gasteiger partial charge in [-0.05, 0) is 122 Å². The predicted octanol–water partition coefficient (Wildman–Crippen LogP) is 13.0. The van der Waals surface area contributed by atoms with E-state index in [1.165, 1.54) is 16.7 Å². The maximum absolute atomic E-state index is 2.41. The van der Waals surface area contributed by atoms with Gasteiger partial charge in [-0.2, -0.15) is 0 Å². The minimum atomic E-state index is 1.06. The molecular formula is C45H39N3. The molecule has 234 valence electrons. The molecule has 0 amide bonds. The second kappa shape index (κ2) is 13.7. The highest BCUT2D eigenvalue weighted by atomic mass is 15.3. The quantitative estimate of drug-likeness (QED) is 0.159. The van der Waals surface area contributed by atoms with Gasteiger partial charge in [-0.25, -0.2) is 0 Å². The van der Waals surface area contributed by atoms with Crippen LogP contribution in [0.4, 0.5) is 51.2 Å². The standard InChI is InChI=1S/C45H39N3/c1-34-17-13-26-40(31-34)46(37-20-7-4-8-21-37)43-29-16-30-44(47(38-22-9-5-10-23-38)41-27-14-18-35(2)32-41)45(43)48(39-24-11-6-12-25-39)42-28-15-19-36(3)33-42/h4-33H,1-3H3. The molecule has 0 saturated heterocycles. The van der Waals surface area contributed by atoms with Crippen LogP contribution in [0.15, 0.2) is 182 Å². The maximum Gasteiger partial charge on any atom is 0.0946 e. The minimum absolute atomic E-state index is 1.06. The van der Waals surface area contributed by atoms with Crippen molar-refractivity contribution >= 4 is 51.2 Å². The number of anilines is 9. The largest absolute Gasteiger partial charge is 0.308 e. The summed E-state index contributed by atoms with van der Waals surface area (Å²) in [5.41, 5.74) is 13.3. The third-order valence-corrected chi connectivity index (χ3v) is 8.52. The van der Waals surface area contributed by atoms with Crippen molar-refractivity contribution in [2.24, 2.45) is 0 Å². The van der Waals surface area contributed by atoms with Crippen molar-refractivity contribution in [3.05, 3.63) is 199 Å². The fraction of sp³-hybridized carbons (Fsp3) is 0.0667. The summed E-state index contributed by atoms with van der Waals surface area (Å²) in [4.78, 5) is 7.18. The monoisotopic (exact) mass is 621 g/mol. The van der Waals surface area contributed by atoms with Crippen molar-refractivity contribution in [3.63, 3.8) is 0 Å². The van der Waals surface area contributed by atoms with Gasteiger partial charge in [-0.15, -0.1) is 0 Å². The Hall–Kier alpha value is -6.06. The highest BCUT2D eigenvalue weighted by Crippen LogP contribution is 2.52. The normalized spacial score (nSPS) is 10.8. The van der Waals surface area contributed by atoms with Crippen molar-refractivity contribution in [1.82, 2.24) is 0 Å². The third-order valence-electron chi connectivity index (χ3n) is 8.52. The molecule has 0 bridgehead atoms. The van der Waals surface area contributed by atoms with Crippen LogP contribution < -0.4 is 14.7 Å². The van der Waals surface area contributed by atoms with E-state index in [4.69, 9.17) is 0 Å². The molecule has 0 N–H and O–H groups in total. The van der Waals surface area contributed by atoms with Crippen LogP contribution in [0.5, 0.6) is 0 Å². The number of para-hydroxylation sites is 4. The summed E-state index contributed by atoms with van der Waals surface area (Å²) in [6.45, 7) is 6.47. The first-order chi connectivity index (χ1) is 23.6. The minimum Gasteiger partial charge on any atom is -0.308 e. The van der Waals surface area contributed by atoms with Gasteiger partial charge in [0, 0.05) is 34.1 Å². The van der Waals surface area contributed by atoms with Crippen molar-refractivity contribution in [3.8, 4) is 0 Å². The Morgan fingerprint density at radius 1 is 0.271 bits per heavy atom. The average molecular weight is 622 g/mol. The zero-order chi connectivity index (χ0) is 32.9. The number of nitrogens with zero attached hydrogens (tertiary/aromatic N) is 3. The van der Waals surface area contributed by atoms with Crippen LogP contribution in [-0.2, 0) is 0 Å². The molecule has 0 saturated carbocycles. The Morgan fingerprint density at radius 3 is 0.917 bits per heavy atom. The lowest BCUT2D eigenvalue weighted by Crippen LogP contribution is -2.21. The molecule has 0 spiro atoms. The molecule has 0 atom stereocenters. The van der Waals surface area contributed by atoms with Gasteiger partial charge in [-0.3, -0.25) is 0 Å². The molecule has 7 rings (SSSR count). The van der Waals surface area contributed by atoms with E-state index in [2.05, 4.69) is 217 Å². The van der Waals surface area contributed by atoms with E-state index in [0.717, 1.165) is 51.2 Å². The summed E-state index contributed by atoms with van der Waals surface area (Å²) >= 11 is 0. The first-order valence-corrected chi connectivity index (χ1v) is 16.5. The molecule has 0 aromatic heterocycles. The Morgan fingerprint density at radius 2 is 0.562 bits per heavy atom. The molecule has 0 aliphatic rings. The molecule has 0 unspecified atom stereocenters. The van der Waals surface area contributed by atoms with Gasteiger partial charge in [0.25, 0.3) is 0 Å². The Bertz CT molecular complexity index is 2020. The Kier molecular flexibility index (Phi) is 8.76. The first-order valence-electron chi connectivity index (χ1n) is 16.5. The Balaban J connectivity index is 1.62. The van der Waals surface area contributed by atoms with Crippen molar-refractivity contribution in [2.75, 3.05) is 14.7 Å². The smallest absolute Gasteiger partial charge is 0.0946 e. The van der Waals surface area contributed by atoms with Crippen LogP contribution in [0.1, 0.15) is 16.7 Å². The second-order valence-corrected chi connectivity index (χ2v) is 12.2. The number of hydrogen-bond donors (Lipinski definition) is 0. The molecule has 0 aliphatic carbocycles. The van der Waals surface area contributed by atoms with Gasteiger partial charge < -0.3 is 14.7 Å². The fourth-order valence-electron chi connectivity index (χ4n) is 6.40. The van der Waals surface area contributed by atoms with E-state index in [1.807, 2.05) is 0 Å². The summed E-state index contributed by atoms with van der Waals surface area (Å²) in [7, 11) is 0. The number of rotatable bonds is 9. The highest BCUT2D eigenvalue weighted by Gasteiger charge is 2.28. The molecule has 7 aromatic rings. The van der Waals surface area contributed by atoms with E-state index in [9.17, 15) is 0 Å². The van der Waals surface area contributed by atoms with Crippen molar-refractivity contribution < 1.29 is 0 Å². The molecule has 3 heteroatoms. The van der Waals surface area contributed by atoms with Crippen molar-refractivity contribution in [2.45, 2.75) is 20.8 Å². The second-order valence-electron chi connectivity index (χ2n) is 12.2. The lowest BCUT2D eigenvalue weighted by Gasteiger charge is -2.37. The van der Waals surface area contributed by atoms with E-state index >= 15 is 0 Å². The molecule has 0 heterocycles. The molecule has 0 fully saturated rings. The van der Waals surface area contributed by atoms with Gasteiger partial charge >= 0.3 is 0 Å². The molecule has 0 aliphatic heterocycles. The topological polar surface area (TPSA) is 9.72 Å². The summed E-state index contributed by atoms with van der Waals surface area (Å²) < 4.78 is 0. The van der Waals surface area contributed by atoms with Crippen LogP contribution in [0.25, 0.3) is 0 Å². The lowest BCUT2D eigenvalue weighted by atomic mass is 10.0. The summed E-state index contributed by atoms with van der Waals surface area (Å²) in [5.74, 6) is 0. The average Bonchev–Trinajstić information content (AvgIpc) is 3.11. The fourth-order valence-corrected chi connectivity index (χ4v) is 6.40. The molecule has 48 heavy (non-hydrogen) atoms. The predicted molar refractivity (Wildman–Crippen MR) is 205 cm³/mol. The van der Waals surface area contributed by atoms with Gasteiger partial charge in [0.15, 0.2) is 0 Å². The molecule has 7 aromatic carbocycles. The zero-order valence-corrected chi connectivity index (χ0v) is 27.7. The van der Waals surface area contributed by atoms with Crippen LogP contribution in [0, 0.1) is 20.8 Å². The van der Waals surface area contributed by atoms with E-state index in [-0.39, 0.29) is 0 Å². The lowest BCUT2D eigenvalue weighted by molar-refractivity contribution is 1.19. The van der Waals surface area contributed by atoms with Gasteiger partial charge in [0.2, 0.25) is 0 Å². The van der Waals surface area contributed by atoms with Crippen LogP contribution in [-0.4, -0.2) is 0 Å². The zero-order valence-electron chi connectivity index (χ0n) is 27.7. The summed E-state index contributed by atoms with van der Waals surface area (Å²) in [6.07, 6.45) is 0. The van der Waals surface area contributed by atoms with Gasteiger partial charge in [-0.1, -0.05) is 97.1 Å². The molecule has 0 radical (unpaired) electrons. The van der Waals surface area contributed by atoms with Crippen LogP contribution in [0.2, 0.25) is 0 Å². The van der Waals surface area contributed by atoms with E-state index in [1.54, 1.807) is 0 Å². The molecule has 3 nitrogen and oxygen atoms in total.